The lowest BCUT2D eigenvalue weighted by atomic mass is 10.1. The number of rotatable bonds is 6. The zero-order chi connectivity index (χ0) is 17.6. The molecule has 0 fully saturated rings. The summed E-state index contributed by atoms with van der Waals surface area (Å²) in [6, 6.07) is 4.48. The van der Waals surface area contributed by atoms with Gasteiger partial charge < -0.3 is 20.7 Å². The normalized spacial score (nSPS) is 12.3. The molecule has 0 aliphatic rings. The second-order valence-corrected chi connectivity index (χ2v) is 4.21. The van der Waals surface area contributed by atoms with Gasteiger partial charge in [-0.3, -0.25) is 9.59 Å². The lowest BCUT2D eigenvalue weighted by molar-refractivity contribution is -0.140. The quantitative estimate of drug-likeness (QED) is 0.237. The van der Waals surface area contributed by atoms with Crippen LogP contribution < -0.4 is 5.73 Å². The van der Waals surface area contributed by atoms with Crippen molar-refractivity contribution in [2.75, 3.05) is 6.61 Å². The number of nitrogens with two attached hydrogens (primary N) is 1. The van der Waals surface area contributed by atoms with E-state index in [0.717, 1.165) is 12.1 Å². The van der Waals surface area contributed by atoms with Crippen LogP contribution >= 0.6 is 0 Å². The van der Waals surface area contributed by atoms with Crippen molar-refractivity contribution in [3.8, 4) is 0 Å². The number of esters is 1. The molecule has 0 saturated heterocycles. The van der Waals surface area contributed by atoms with Crippen molar-refractivity contribution in [3.05, 3.63) is 53.1 Å². The third kappa shape index (κ3) is 4.67. The molecule has 0 atom stereocenters. The number of carbonyl (C=O) groups excluding carboxylic acids is 3. The van der Waals surface area contributed by atoms with Gasteiger partial charge in [0.25, 0.3) is 5.91 Å². The molecule has 0 aromatic heterocycles. The van der Waals surface area contributed by atoms with Gasteiger partial charge >= 0.3 is 5.97 Å². The van der Waals surface area contributed by atoms with Crippen molar-refractivity contribution in [2.24, 2.45) is 5.73 Å². The smallest absolute Gasteiger partial charge is 0.347 e. The van der Waals surface area contributed by atoms with Crippen LogP contribution in [0.5, 0.6) is 0 Å². The van der Waals surface area contributed by atoms with E-state index in [1.54, 1.807) is 0 Å². The molecule has 7 nitrogen and oxygen atoms in total. The second-order valence-electron chi connectivity index (χ2n) is 4.21. The van der Waals surface area contributed by atoms with E-state index in [2.05, 4.69) is 4.74 Å². The third-order valence-corrected chi connectivity index (χ3v) is 2.60. The Morgan fingerprint density at radius 3 is 2.26 bits per heavy atom. The van der Waals surface area contributed by atoms with E-state index < -0.39 is 40.6 Å². The minimum Gasteiger partial charge on any atom is -0.507 e. The van der Waals surface area contributed by atoms with Gasteiger partial charge in [0.15, 0.2) is 11.3 Å². The summed E-state index contributed by atoms with van der Waals surface area (Å²) in [4.78, 5) is 34.5. The fraction of sp³-hybridized carbons (Fsp3) is 0.133. The number of hydrogen-bond acceptors (Lipinski definition) is 6. The summed E-state index contributed by atoms with van der Waals surface area (Å²) in [7, 11) is 0. The molecule has 1 aromatic rings. The van der Waals surface area contributed by atoms with Gasteiger partial charge in [-0.25, -0.2) is 9.18 Å². The van der Waals surface area contributed by atoms with Gasteiger partial charge in [-0.1, -0.05) is 0 Å². The monoisotopic (exact) mass is 323 g/mol. The lowest BCUT2D eigenvalue weighted by Crippen LogP contribution is -2.26. The highest BCUT2D eigenvalue weighted by Gasteiger charge is 2.26. The zero-order valence-electron chi connectivity index (χ0n) is 12.1. The van der Waals surface area contributed by atoms with E-state index in [-0.39, 0.29) is 12.2 Å². The summed E-state index contributed by atoms with van der Waals surface area (Å²) in [6.45, 7) is 1.35. The number of hydrogen-bond donors (Lipinski definition) is 3. The summed E-state index contributed by atoms with van der Waals surface area (Å²) >= 11 is 0. The number of aliphatic hydroxyl groups is 2. The number of ether oxygens (including phenoxy) is 1. The highest BCUT2D eigenvalue weighted by atomic mass is 19.1. The van der Waals surface area contributed by atoms with Crippen molar-refractivity contribution in [1.82, 2.24) is 0 Å². The van der Waals surface area contributed by atoms with E-state index in [0.29, 0.717) is 6.08 Å². The van der Waals surface area contributed by atoms with Crippen molar-refractivity contribution in [3.63, 3.8) is 0 Å². The molecule has 4 N–H and O–H groups in total. The highest BCUT2D eigenvalue weighted by molar-refractivity contribution is 6.22. The minimum absolute atomic E-state index is 0.0873. The Morgan fingerprint density at radius 2 is 1.78 bits per heavy atom. The topological polar surface area (TPSA) is 127 Å². The molecule has 122 valence electrons. The fourth-order valence-corrected chi connectivity index (χ4v) is 1.54. The second kappa shape index (κ2) is 7.74. The Kier molecular flexibility index (Phi) is 6.02. The van der Waals surface area contributed by atoms with E-state index >= 15 is 0 Å². The Morgan fingerprint density at radius 1 is 1.22 bits per heavy atom. The standard InChI is InChI=1S/C15H14FNO6/c1-2-23-15(22)12(14(17)21)13(20)11(19)7-10(18)8-3-5-9(16)6-4-8/h3-7,18,20H,2H2,1H3,(H2,17,21)/b10-7-,13-12-. The first-order valence-corrected chi connectivity index (χ1v) is 6.39. The summed E-state index contributed by atoms with van der Waals surface area (Å²) in [5.41, 5.74) is 3.99. The maximum Gasteiger partial charge on any atom is 0.347 e. The molecule has 8 heteroatoms. The molecule has 23 heavy (non-hydrogen) atoms. The molecule has 0 unspecified atom stereocenters. The maximum atomic E-state index is 12.8. The number of halogens is 1. The number of benzene rings is 1. The first-order chi connectivity index (χ1) is 10.8. The van der Waals surface area contributed by atoms with Crippen LogP contribution in [-0.4, -0.2) is 34.5 Å². The largest absolute Gasteiger partial charge is 0.507 e. The molecular weight excluding hydrogens is 309 g/mol. The molecule has 0 radical (unpaired) electrons. The summed E-state index contributed by atoms with van der Waals surface area (Å²) in [5, 5.41) is 19.4. The Hall–Kier alpha value is -3.16. The Labute approximate surface area is 130 Å². The van der Waals surface area contributed by atoms with Gasteiger partial charge in [-0.15, -0.1) is 0 Å². The molecule has 1 rings (SSSR count). The Balaban J connectivity index is 3.16. The SMILES string of the molecule is CCOC(=O)/C(C(N)=O)=C(\O)C(=O)/C=C(\O)c1ccc(F)cc1. The van der Waals surface area contributed by atoms with Gasteiger partial charge in [0.05, 0.1) is 6.61 Å². The van der Waals surface area contributed by atoms with Crippen molar-refractivity contribution >= 4 is 23.4 Å². The molecule has 0 bridgehead atoms. The molecule has 0 saturated carbocycles. The average molecular weight is 323 g/mol. The maximum absolute atomic E-state index is 12.8. The molecule has 0 spiro atoms. The van der Waals surface area contributed by atoms with Gasteiger partial charge in [-0.05, 0) is 31.2 Å². The molecule has 1 amide bonds. The van der Waals surface area contributed by atoms with E-state index in [9.17, 15) is 29.0 Å². The van der Waals surface area contributed by atoms with Crippen molar-refractivity contribution in [1.29, 1.82) is 0 Å². The van der Waals surface area contributed by atoms with E-state index in [1.807, 2.05) is 0 Å². The van der Waals surface area contributed by atoms with E-state index in [4.69, 9.17) is 5.73 Å². The average Bonchev–Trinajstić information content (AvgIpc) is 2.47. The fourth-order valence-electron chi connectivity index (χ4n) is 1.54. The summed E-state index contributed by atoms with van der Waals surface area (Å²) < 4.78 is 17.3. The van der Waals surface area contributed by atoms with Crippen LogP contribution in [-0.2, 0) is 19.1 Å². The predicted octanol–water partition coefficient (Wildman–Crippen LogP) is 1.15. The molecule has 0 aliphatic heterocycles. The van der Waals surface area contributed by atoms with Gasteiger partial charge in [0, 0.05) is 11.6 Å². The van der Waals surface area contributed by atoms with Crippen LogP contribution in [0.3, 0.4) is 0 Å². The number of ketones is 1. The van der Waals surface area contributed by atoms with Crippen LogP contribution in [0.1, 0.15) is 12.5 Å². The molecule has 0 aliphatic carbocycles. The lowest BCUT2D eigenvalue weighted by Gasteiger charge is -2.05. The molecule has 1 aromatic carbocycles. The van der Waals surface area contributed by atoms with Crippen molar-refractivity contribution < 1.29 is 33.7 Å². The zero-order valence-corrected chi connectivity index (χ0v) is 12.1. The van der Waals surface area contributed by atoms with Crippen LogP contribution in [0, 0.1) is 5.82 Å². The third-order valence-electron chi connectivity index (χ3n) is 2.60. The number of primary amides is 1. The number of carbonyl (C=O) groups is 3. The first-order valence-electron chi connectivity index (χ1n) is 6.39. The van der Waals surface area contributed by atoms with Crippen LogP contribution in [0.25, 0.3) is 5.76 Å². The van der Waals surface area contributed by atoms with Crippen LogP contribution in [0.4, 0.5) is 4.39 Å². The molecule has 0 heterocycles. The molecular formula is C15H14FNO6. The Bertz CT molecular complexity index is 690. The number of allylic oxidation sites excluding steroid dienone is 1. The summed E-state index contributed by atoms with van der Waals surface area (Å²) in [6.07, 6.45) is 0.560. The van der Waals surface area contributed by atoms with E-state index in [1.165, 1.54) is 19.1 Å². The first kappa shape index (κ1) is 17.9. The minimum atomic E-state index is -1.36. The van der Waals surface area contributed by atoms with Gasteiger partial charge in [-0.2, -0.15) is 0 Å². The summed E-state index contributed by atoms with van der Waals surface area (Å²) in [5.74, 6) is -6.27. The number of aliphatic hydroxyl groups excluding tert-OH is 2. The predicted molar refractivity (Wildman–Crippen MR) is 77.5 cm³/mol. The highest BCUT2D eigenvalue weighted by Crippen LogP contribution is 2.14. The van der Waals surface area contributed by atoms with Gasteiger partial charge in [0.2, 0.25) is 5.78 Å². The van der Waals surface area contributed by atoms with Gasteiger partial charge in [0.1, 0.15) is 11.6 Å². The van der Waals surface area contributed by atoms with Crippen LogP contribution in [0.15, 0.2) is 41.7 Å². The number of amides is 1. The van der Waals surface area contributed by atoms with Crippen LogP contribution in [0.2, 0.25) is 0 Å². The van der Waals surface area contributed by atoms with Crippen molar-refractivity contribution in [2.45, 2.75) is 6.92 Å².